The zero-order valence-electron chi connectivity index (χ0n) is 9.11. The Morgan fingerprint density at radius 2 is 2.00 bits per heavy atom. The van der Waals surface area contributed by atoms with E-state index in [0.29, 0.717) is 10.7 Å². The van der Waals surface area contributed by atoms with Crippen molar-refractivity contribution in [1.29, 1.82) is 5.26 Å². The molecular weight excluding hydrogens is 220 g/mol. The van der Waals surface area contributed by atoms with E-state index in [2.05, 4.69) is 21.9 Å². The van der Waals surface area contributed by atoms with Crippen LogP contribution in [0.4, 0.5) is 0 Å². The third-order valence-corrected chi connectivity index (χ3v) is 2.28. The maximum Gasteiger partial charge on any atom is 0.186 e. The van der Waals surface area contributed by atoms with Crippen LogP contribution in [0.3, 0.4) is 0 Å². The zero-order valence-corrected chi connectivity index (χ0v) is 9.93. The van der Waals surface area contributed by atoms with Crippen molar-refractivity contribution < 1.29 is 0 Å². The molecule has 0 aliphatic rings. The van der Waals surface area contributed by atoms with Crippen LogP contribution >= 0.6 is 12.2 Å². The quantitative estimate of drug-likeness (QED) is 0.459. The molecule has 0 atom stereocenters. The van der Waals surface area contributed by atoms with E-state index in [0.717, 1.165) is 11.3 Å². The first-order chi connectivity index (χ1) is 7.67. The smallest absolute Gasteiger partial charge is 0.186 e. The first-order valence-corrected chi connectivity index (χ1v) is 5.10. The molecule has 1 rings (SSSR count). The highest BCUT2D eigenvalue weighted by atomic mass is 32.1. The molecule has 16 heavy (non-hydrogen) atoms. The number of nitrogens with zero attached hydrogens (tertiary/aromatic N) is 2. The van der Waals surface area contributed by atoms with Gasteiger partial charge in [-0.2, -0.15) is 10.4 Å². The second-order valence-corrected chi connectivity index (χ2v) is 3.49. The monoisotopic (exact) mass is 232 g/mol. The van der Waals surface area contributed by atoms with Crippen molar-refractivity contribution in [3.8, 4) is 6.07 Å². The van der Waals surface area contributed by atoms with Crippen LogP contribution in [0.15, 0.2) is 29.4 Å². The van der Waals surface area contributed by atoms with Gasteiger partial charge in [0.15, 0.2) is 5.11 Å². The molecule has 82 valence electrons. The van der Waals surface area contributed by atoms with Crippen molar-refractivity contribution in [2.45, 2.75) is 6.92 Å². The fourth-order valence-corrected chi connectivity index (χ4v) is 1.09. The maximum absolute atomic E-state index is 8.66. The summed E-state index contributed by atoms with van der Waals surface area (Å²) in [4.78, 5) is 0. The van der Waals surface area contributed by atoms with E-state index in [4.69, 9.17) is 17.5 Å². The summed E-state index contributed by atoms with van der Waals surface area (Å²) in [6.07, 6.45) is 0. The van der Waals surface area contributed by atoms with Crippen molar-refractivity contribution in [3.05, 3.63) is 35.4 Å². The van der Waals surface area contributed by atoms with Crippen molar-refractivity contribution in [2.24, 2.45) is 5.10 Å². The second kappa shape index (κ2) is 5.83. The third-order valence-electron chi connectivity index (χ3n) is 1.98. The van der Waals surface area contributed by atoms with Crippen molar-refractivity contribution in [2.75, 3.05) is 7.05 Å². The van der Waals surface area contributed by atoms with Crippen LogP contribution in [0.1, 0.15) is 18.1 Å². The first-order valence-electron chi connectivity index (χ1n) is 4.70. The van der Waals surface area contributed by atoms with Gasteiger partial charge in [-0.15, -0.1) is 0 Å². The average molecular weight is 232 g/mol. The van der Waals surface area contributed by atoms with Gasteiger partial charge >= 0.3 is 0 Å². The standard InChI is InChI=1S/C11H12N4S/c1-8(14-15-11(16)13-2)10-5-3-9(7-12)4-6-10/h3-6H,1-2H3,(H2,13,15,16). The fourth-order valence-electron chi connectivity index (χ4n) is 1.04. The Morgan fingerprint density at radius 1 is 1.38 bits per heavy atom. The third kappa shape index (κ3) is 3.33. The summed E-state index contributed by atoms with van der Waals surface area (Å²) < 4.78 is 0. The predicted molar refractivity (Wildman–Crippen MR) is 68.2 cm³/mol. The minimum Gasteiger partial charge on any atom is -0.364 e. The minimum absolute atomic E-state index is 0.466. The molecule has 0 amide bonds. The highest BCUT2D eigenvalue weighted by Gasteiger charge is 1.98. The molecule has 0 saturated carbocycles. The normalized spacial score (nSPS) is 10.4. The molecule has 0 unspecified atom stereocenters. The van der Waals surface area contributed by atoms with Crippen LogP contribution < -0.4 is 10.7 Å². The van der Waals surface area contributed by atoms with E-state index in [-0.39, 0.29) is 0 Å². The Labute approximate surface area is 100.0 Å². The van der Waals surface area contributed by atoms with Crippen LogP contribution in [0.25, 0.3) is 0 Å². The SMILES string of the molecule is CNC(=S)NN=C(C)c1ccc(C#N)cc1. The van der Waals surface area contributed by atoms with E-state index in [1.54, 1.807) is 19.2 Å². The molecule has 0 heterocycles. The van der Waals surface area contributed by atoms with Crippen molar-refractivity contribution in [3.63, 3.8) is 0 Å². The highest BCUT2D eigenvalue weighted by molar-refractivity contribution is 7.80. The average Bonchev–Trinajstić information content (AvgIpc) is 2.35. The number of hydrazone groups is 1. The van der Waals surface area contributed by atoms with Gasteiger partial charge in [-0.25, -0.2) is 0 Å². The van der Waals surface area contributed by atoms with Crippen LogP contribution in [0.2, 0.25) is 0 Å². The summed E-state index contributed by atoms with van der Waals surface area (Å²) >= 11 is 4.89. The van der Waals surface area contributed by atoms with Gasteiger partial charge < -0.3 is 5.32 Å². The summed E-state index contributed by atoms with van der Waals surface area (Å²) in [6, 6.07) is 9.27. The lowest BCUT2D eigenvalue weighted by atomic mass is 10.1. The lowest BCUT2D eigenvalue weighted by Crippen LogP contribution is -2.29. The van der Waals surface area contributed by atoms with E-state index in [9.17, 15) is 0 Å². The predicted octanol–water partition coefficient (Wildman–Crippen LogP) is 1.38. The molecule has 0 bridgehead atoms. The number of rotatable bonds is 2. The van der Waals surface area contributed by atoms with Gasteiger partial charge in [-0.05, 0) is 36.8 Å². The molecule has 2 N–H and O–H groups in total. The zero-order chi connectivity index (χ0) is 12.0. The summed E-state index contributed by atoms with van der Waals surface area (Å²) in [5.74, 6) is 0. The molecule has 0 radical (unpaired) electrons. The molecule has 0 aliphatic carbocycles. The largest absolute Gasteiger partial charge is 0.364 e. The van der Waals surface area contributed by atoms with Gasteiger partial charge in [0.2, 0.25) is 0 Å². The Kier molecular flexibility index (Phi) is 4.42. The summed E-state index contributed by atoms with van der Waals surface area (Å²) in [5.41, 5.74) is 5.09. The van der Waals surface area contributed by atoms with Gasteiger partial charge in [0.25, 0.3) is 0 Å². The number of hydrogen-bond acceptors (Lipinski definition) is 3. The maximum atomic E-state index is 8.66. The Balaban J connectivity index is 2.76. The Morgan fingerprint density at radius 3 is 2.50 bits per heavy atom. The van der Waals surface area contributed by atoms with Crippen molar-refractivity contribution in [1.82, 2.24) is 10.7 Å². The summed E-state index contributed by atoms with van der Waals surface area (Å²) in [7, 11) is 1.72. The molecule has 0 spiro atoms. The van der Waals surface area contributed by atoms with Crippen LogP contribution in [0.5, 0.6) is 0 Å². The Hall–Kier alpha value is -1.93. The number of nitriles is 1. The van der Waals surface area contributed by atoms with E-state index >= 15 is 0 Å². The molecule has 0 fully saturated rings. The lowest BCUT2D eigenvalue weighted by molar-refractivity contribution is 0.974. The molecule has 5 heteroatoms. The second-order valence-electron chi connectivity index (χ2n) is 3.08. The molecule has 0 aliphatic heterocycles. The molecule has 1 aromatic rings. The summed E-state index contributed by atoms with van der Waals surface area (Å²) in [5, 5.41) is 16.0. The van der Waals surface area contributed by atoms with Gasteiger partial charge in [0.1, 0.15) is 0 Å². The number of hydrogen-bond donors (Lipinski definition) is 2. The van der Waals surface area contributed by atoms with Crippen LogP contribution in [0, 0.1) is 11.3 Å². The first kappa shape index (κ1) is 12.1. The van der Waals surface area contributed by atoms with E-state index < -0.39 is 0 Å². The molecule has 1 aromatic carbocycles. The fraction of sp³-hybridized carbons (Fsp3) is 0.182. The van der Waals surface area contributed by atoms with Gasteiger partial charge in [0.05, 0.1) is 17.3 Å². The highest BCUT2D eigenvalue weighted by Crippen LogP contribution is 2.04. The van der Waals surface area contributed by atoms with E-state index in [1.807, 2.05) is 19.1 Å². The molecule has 0 saturated heterocycles. The van der Waals surface area contributed by atoms with Crippen LogP contribution in [-0.2, 0) is 0 Å². The number of nitrogens with one attached hydrogen (secondary N) is 2. The van der Waals surface area contributed by atoms with Crippen molar-refractivity contribution >= 4 is 23.0 Å². The van der Waals surface area contributed by atoms with Gasteiger partial charge in [-0.1, -0.05) is 12.1 Å². The molecule has 0 aromatic heterocycles. The topological polar surface area (TPSA) is 60.2 Å². The van der Waals surface area contributed by atoms with Gasteiger partial charge in [-0.3, -0.25) is 5.43 Å². The minimum atomic E-state index is 0.466. The number of benzene rings is 1. The molecular formula is C11H12N4S. The lowest BCUT2D eigenvalue weighted by Gasteiger charge is -2.03. The van der Waals surface area contributed by atoms with Crippen LogP contribution in [-0.4, -0.2) is 17.9 Å². The summed E-state index contributed by atoms with van der Waals surface area (Å²) in [6.45, 7) is 1.87. The molecule has 4 nitrogen and oxygen atoms in total. The van der Waals surface area contributed by atoms with Gasteiger partial charge in [0, 0.05) is 7.05 Å². The van der Waals surface area contributed by atoms with E-state index in [1.165, 1.54) is 0 Å². The Bertz CT molecular complexity index is 442. The number of thiocarbonyl (C=S) groups is 1.